The zero-order valence-corrected chi connectivity index (χ0v) is 20.2. The maximum atomic E-state index is 13.3. The number of hydrogen-bond acceptors (Lipinski definition) is 4. The summed E-state index contributed by atoms with van der Waals surface area (Å²) in [6.07, 6.45) is 3.56. The lowest BCUT2D eigenvalue weighted by Gasteiger charge is -2.26. The first-order valence-corrected chi connectivity index (χ1v) is 12.7. The number of sulfonamides is 1. The Morgan fingerprint density at radius 1 is 1.06 bits per heavy atom. The Morgan fingerprint density at radius 2 is 1.72 bits per heavy atom. The van der Waals surface area contributed by atoms with E-state index in [1.165, 1.54) is 10.4 Å². The summed E-state index contributed by atoms with van der Waals surface area (Å²) in [5.41, 5.74) is 2.13. The monoisotopic (exact) mass is 458 g/mol. The van der Waals surface area contributed by atoms with Crippen LogP contribution in [-0.4, -0.2) is 38.8 Å². The summed E-state index contributed by atoms with van der Waals surface area (Å²) >= 11 is 0. The molecule has 0 aliphatic carbocycles. The molecule has 0 spiro atoms. The molecule has 7 heteroatoms. The summed E-state index contributed by atoms with van der Waals surface area (Å²) in [7, 11) is -1.98. The average molecular weight is 459 g/mol. The highest BCUT2D eigenvalue weighted by atomic mass is 32.2. The minimum absolute atomic E-state index is 0.181. The van der Waals surface area contributed by atoms with Crippen molar-refractivity contribution in [1.82, 2.24) is 9.62 Å². The lowest BCUT2D eigenvalue weighted by Crippen LogP contribution is -2.36. The average Bonchev–Trinajstić information content (AvgIpc) is 2.79. The maximum absolute atomic E-state index is 13.3. The molecule has 1 aliphatic heterocycles. The Hall–Kier alpha value is -2.38. The number of amides is 1. The number of hydrogen-bond donors (Lipinski definition) is 1. The van der Waals surface area contributed by atoms with E-state index in [0.29, 0.717) is 24.6 Å². The van der Waals surface area contributed by atoms with Gasteiger partial charge in [-0.25, -0.2) is 8.42 Å². The number of methoxy groups -OCH3 is 1. The van der Waals surface area contributed by atoms with Gasteiger partial charge in [-0.05, 0) is 67.5 Å². The molecule has 1 fully saturated rings. The summed E-state index contributed by atoms with van der Waals surface area (Å²) in [6, 6.07) is 12.3. The van der Waals surface area contributed by atoms with Crippen LogP contribution in [0.4, 0.5) is 0 Å². The predicted octanol–water partition coefficient (Wildman–Crippen LogP) is 4.70. The molecule has 0 bridgehead atoms. The minimum Gasteiger partial charge on any atom is -0.497 e. The maximum Gasteiger partial charge on any atom is 0.252 e. The number of nitrogens with zero attached hydrogens (tertiary/aromatic N) is 1. The number of piperidine rings is 1. The number of carbonyl (C=O) groups is 1. The molecule has 2 aromatic rings. The molecule has 6 nitrogen and oxygen atoms in total. The van der Waals surface area contributed by atoms with Crippen LogP contribution in [0.5, 0.6) is 5.75 Å². The van der Waals surface area contributed by atoms with E-state index in [1.807, 2.05) is 31.2 Å². The second-order valence-electron chi connectivity index (χ2n) is 8.87. The van der Waals surface area contributed by atoms with Gasteiger partial charge in [-0.2, -0.15) is 4.31 Å². The first-order valence-electron chi connectivity index (χ1n) is 11.3. The number of carbonyl (C=O) groups excluding carboxylic acids is 1. The lowest BCUT2D eigenvalue weighted by atomic mass is 9.96. The third-order valence-corrected chi connectivity index (χ3v) is 7.83. The number of rotatable bonds is 8. The smallest absolute Gasteiger partial charge is 0.252 e. The van der Waals surface area contributed by atoms with Gasteiger partial charge in [0.05, 0.1) is 18.0 Å². The van der Waals surface area contributed by atoms with Crippen LogP contribution in [0.1, 0.15) is 67.1 Å². The van der Waals surface area contributed by atoms with Crippen LogP contribution in [-0.2, 0) is 10.0 Å². The first kappa shape index (κ1) is 24.3. The van der Waals surface area contributed by atoms with E-state index in [-0.39, 0.29) is 16.8 Å². The fraction of sp³-hybridized carbons (Fsp3) is 0.480. The first-order chi connectivity index (χ1) is 15.2. The van der Waals surface area contributed by atoms with Crippen molar-refractivity contribution < 1.29 is 17.9 Å². The van der Waals surface area contributed by atoms with Crippen molar-refractivity contribution in [3.8, 4) is 5.75 Å². The molecule has 2 aromatic carbocycles. The van der Waals surface area contributed by atoms with Crippen molar-refractivity contribution in [1.29, 1.82) is 0 Å². The molecule has 3 rings (SSSR count). The van der Waals surface area contributed by atoms with E-state index in [1.54, 1.807) is 19.2 Å². The Kier molecular flexibility index (Phi) is 7.96. The van der Waals surface area contributed by atoms with Crippen LogP contribution >= 0.6 is 0 Å². The second-order valence-corrected chi connectivity index (χ2v) is 10.8. The summed E-state index contributed by atoms with van der Waals surface area (Å²) in [6.45, 7) is 7.12. The largest absolute Gasteiger partial charge is 0.497 e. The van der Waals surface area contributed by atoms with E-state index in [2.05, 4.69) is 19.2 Å². The van der Waals surface area contributed by atoms with Gasteiger partial charge in [0.2, 0.25) is 10.0 Å². The minimum atomic E-state index is -3.60. The Labute approximate surface area is 192 Å². The van der Waals surface area contributed by atoms with E-state index in [4.69, 9.17) is 4.74 Å². The van der Waals surface area contributed by atoms with Gasteiger partial charge in [-0.1, -0.05) is 38.5 Å². The quantitative estimate of drug-likeness (QED) is 0.622. The summed E-state index contributed by atoms with van der Waals surface area (Å²) in [5, 5.41) is 3.13. The molecule has 174 valence electrons. The van der Waals surface area contributed by atoms with Gasteiger partial charge in [-0.3, -0.25) is 4.79 Å². The Morgan fingerprint density at radius 3 is 2.31 bits per heavy atom. The van der Waals surface area contributed by atoms with Gasteiger partial charge in [0.15, 0.2) is 0 Å². The molecule has 1 aliphatic rings. The van der Waals surface area contributed by atoms with E-state index < -0.39 is 10.0 Å². The molecule has 32 heavy (non-hydrogen) atoms. The zero-order valence-electron chi connectivity index (χ0n) is 19.4. The summed E-state index contributed by atoms with van der Waals surface area (Å²) in [4.78, 5) is 13.4. The molecule has 0 saturated carbocycles. The molecule has 1 heterocycles. The lowest BCUT2D eigenvalue weighted by molar-refractivity contribution is 0.0931. The highest BCUT2D eigenvalue weighted by Gasteiger charge is 2.27. The van der Waals surface area contributed by atoms with Crippen LogP contribution < -0.4 is 10.1 Å². The SMILES string of the molecule is COc1ccc([C@H](CC(C)C)NC(=O)c2cc(S(=O)(=O)N3CCCCC3)ccc2C)cc1. The Balaban J connectivity index is 1.86. The van der Waals surface area contributed by atoms with Crippen molar-refractivity contribution in [3.05, 3.63) is 59.2 Å². The van der Waals surface area contributed by atoms with Crippen molar-refractivity contribution in [2.45, 2.75) is 57.4 Å². The predicted molar refractivity (Wildman–Crippen MR) is 126 cm³/mol. The normalized spacial score (nSPS) is 16.0. The molecule has 0 unspecified atom stereocenters. The number of benzene rings is 2. The Bertz CT molecular complexity index is 1030. The van der Waals surface area contributed by atoms with Gasteiger partial charge in [0.25, 0.3) is 5.91 Å². The van der Waals surface area contributed by atoms with Gasteiger partial charge in [0.1, 0.15) is 5.75 Å². The third kappa shape index (κ3) is 5.70. The molecule has 1 N–H and O–H groups in total. The zero-order chi connectivity index (χ0) is 23.3. The summed E-state index contributed by atoms with van der Waals surface area (Å²) in [5.74, 6) is 0.865. The van der Waals surface area contributed by atoms with Crippen LogP contribution in [0.15, 0.2) is 47.4 Å². The number of aryl methyl sites for hydroxylation is 1. The molecular weight excluding hydrogens is 424 g/mol. The van der Waals surface area contributed by atoms with Gasteiger partial charge in [0, 0.05) is 18.7 Å². The van der Waals surface area contributed by atoms with Crippen LogP contribution in [0.25, 0.3) is 0 Å². The fourth-order valence-corrected chi connectivity index (χ4v) is 5.63. The highest BCUT2D eigenvalue weighted by Crippen LogP contribution is 2.26. The molecular formula is C25H34N2O4S. The van der Waals surface area contributed by atoms with Crippen molar-refractivity contribution >= 4 is 15.9 Å². The summed E-state index contributed by atoms with van der Waals surface area (Å²) < 4.78 is 33.0. The van der Waals surface area contributed by atoms with E-state index in [9.17, 15) is 13.2 Å². The molecule has 1 saturated heterocycles. The highest BCUT2D eigenvalue weighted by molar-refractivity contribution is 7.89. The van der Waals surface area contributed by atoms with Gasteiger partial charge >= 0.3 is 0 Å². The fourth-order valence-electron chi connectivity index (χ4n) is 4.08. The van der Waals surface area contributed by atoms with E-state index in [0.717, 1.165) is 42.6 Å². The van der Waals surface area contributed by atoms with Crippen molar-refractivity contribution in [2.24, 2.45) is 5.92 Å². The van der Waals surface area contributed by atoms with Crippen molar-refractivity contribution in [2.75, 3.05) is 20.2 Å². The van der Waals surface area contributed by atoms with E-state index >= 15 is 0 Å². The van der Waals surface area contributed by atoms with Crippen LogP contribution in [0, 0.1) is 12.8 Å². The third-order valence-electron chi connectivity index (χ3n) is 5.94. The topological polar surface area (TPSA) is 75.7 Å². The molecule has 1 amide bonds. The second kappa shape index (κ2) is 10.5. The number of nitrogens with one attached hydrogen (secondary N) is 1. The van der Waals surface area contributed by atoms with Crippen LogP contribution in [0.2, 0.25) is 0 Å². The molecule has 1 atom stereocenters. The van der Waals surface area contributed by atoms with Crippen molar-refractivity contribution in [3.63, 3.8) is 0 Å². The van der Waals surface area contributed by atoms with Gasteiger partial charge in [-0.15, -0.1) is 0 Å². The number of ether oxygens (including phenoxy) is 1. The van der Waals surface area contributed by atoms with Crippen LogP contribution in [0.3, 0.4) is 0 Å². The standard InChI is InChI=1S/C25H34N2O4S/c1-18(2)16-24(20-9-11-21(31-4)12-10-20)26-25(28)23-17-22(13-8-19(23)3)32(29,30)27-14-6-5-7-15-27/h8-13,17-18,24H,5-7,14-16H2,1-4H3,(H,26,28)/t24-/m0/s1. The molecule has 0 radical (unpaired) electrons. The molecule has 0 aromatic heterocycles. The van der Waals surface area contributed by atoms with Gasteiger partial charge < -0.3 is 10.1 Å².